The van der Waals surface area contributed by atoms with Crippen molar-refractivity contribution in [2.45, 2.75) is 25.4 Å². The van der Waals surface area contributed by atoms with Crippen molar-refractivity contribution >= 4 is 11.8 Å². The second-order valence-electron chi connectivity index (χ2n) is 6.51. The van der Waals surface area contributed by atoms with Gasteiger partial charge in [-0.05, 0) is 30.5 Å². The van der Waals surface area contributed by atoms with E-state index in [0.29, 0.717) is 36.5 Å². The molecule has 1 fully saturated rings. The van der Waals surface area contributed by atoms with Gasteiger partial charge in [0.05, 0.1) is 27.4 Å². The topological polar surface area (TPSA) is 103 Å². The molecule has 0 atom stereocenters. The van der Waals surface area contributed by atoms with E-state index in [2.05, 4.69) is 14.9 Å². The van der Waals surface area contributed by atoms with Crippen LogP contribution in [0.3, 0.4) is 0 Å². The average Bonchev–Trinajstić information content (AvgIpc) is 2.69. The van der Waals surface area contributed by atoms with Crippen LogP contribution >= 0.6 is 0 Å². The number of piperidine rings is 1. The quantitative estimate of drug-likeness (QED) is 0.787. The van der Waals surface area contributed by atoms with E-state index >= 15 is 0 Å². The average molecular weight is 374 g/mol. The maximum absolute atomic E-state index is 9.77. The molecule has 2 heterocycles. The van der Waals surface area contributed by atoms with Crippen LogP contribution in [0.5, 0.6) is 17.2 Å². The van der Waals surface area contributed by atoms with Gasteiger partial charge in [0.15, 0.2) is 11.5 Å². The molecule has 3 N–H and O–H groups in total. The number of aliphatic hydroxyl groups excluding tert-OH is 1. The van der Waals surface area contributed by atoms with Crippen LogP contribution < -0.4 is 24.8 Å². The van der Waals surface area contributed by atoms with Gasteiger partial charge in [-0.15, -0.1) is 0 Å². The molecule has 0 aliphatic carbocycles. The first-order chi connectivity index (χ1) is 13.0. The molecule has 0 radical (unpaired) electrons. The first kappa shape index (κ1) is 19.0. The Hall–Kier alpha value is -2.74. The van der Waals surface area contributed by atoms with Gasteiger partial charge in [-0.3, -0.25) is 0 Å². The molecule has 0 bridgehead atoms. The van der Waals surface area contributed by atoms with E-state index in [9.17, 15) is 5.11 Å². The summed E-state index contributed by atoms with van der Waals surface area (Å²) in [7, 11) is 4.77. The molecule has 1 aromatic carbocycles. The first-order valence-corrected chi connectivity index (χ1v) is 8.89. The molecule has 1 aliphatic rings. The highest BCUT2D eigenvalue weighted by atomic mass is 16.5. The number of aliphatic hydroxyl groups is 1. The summed E-state index contributed by atoms with van der Waals surface area (Å²) in [5, 5.41) is 9.77. The van der Waals surface area contributed by atoms with Gasteiger partial charge in [0.1, 0.15) is 5.82 Å². The predicted octanol–water partition coefficient (Wildman–Crippen LogP) is 1.64. The van der Waals surface area contributed by atoms with Gasteiger partial charge < -0.3 is 30.0 Å². The van der Waals surface area contributed by atoms with Crippen LogP contribution in [0.4, 0.5) is 11.8 Å². The predicted molar refractivity (Wildman–Crippen MR) is 103 cm³/mol. The van der Waals surface area contributed by atoms with Crippen molar-refractivity contribution in [3.63, 3.8) is 0 Å². The van der Waals surface area contributed by atoms with E-state index in [1.54, 1.807) is 27.5 Å². The molecule has 8 nitrogen and oxygen atoms in total. The Balaban J connectivity index is 1.94. The molecule has 0 unspecified atom stereocenters. The Kier molecular flexibility index (Phi) is 5.85. The van der Waals surface area contributed by atoms with E-state index in [-0.39, 0.29) is 12.1 Å². The number of nitrogens with zero attached hydrogens (tertiary/aromatic N) is 3. The number of benzene rings is 1. The van der Waals surface area contributed by atoms with Gasteiger partial charge in [-0.2, -0.15) is 4.98 Å². The zero-order valence-corrected chi connectivity index (χ0v) is 15.9. The minimum Gasteiger partial charge on any atom is -0.493 e. The summed E-state index contributed by atoms with van der Waals surface area (Å²) >= 11 is 0. The lowest BCUT2D eigenvalue weighted by Gasteiger charge is -2.31. The van der Waals surface area contributed by atoms with Crippen molar-refractivity contribution in [3.05, 3.63) is 29.5 Å². The fraction of sp³-hybridized carbons (Fsp3) is 0.474. The summed E-state index contributed by atoms with van der Waals surface area (Å²) < 4.78 is 16.3. The van der Waals surface area contributed by atoms with Crippen LogP contribution in [-0.2, 0) is 6.42 Å². The zero-order chi connectivity index (χ0) is 19.4. The van der Waals surface area contributed by atoms with Gasteiger partial charge >= 0.3 is 0 Å². The zero-order valence-electron chi connectivity index (χ0n) is 15.9. The second-order valence-corrected chi connectivity index (χ2v) is 6.51. The summed E-state index contributed by atoms with van der Waals surface area (Å²) in [5.41, 5.74) is 7.77. The van der Waals surface area contributed by atoms with Crippen LogP contribution in [0.2, 0.25) is 0 Å². The Morgan fingerprint density at radius 3 is 2.30 bits per heavy atom. The Labute approximate surface area is 158 Å². The number of anilines is 2. The van der Waals surface area contributed by atoms with Crippen molar-refractivity contribution < 1.29 is 19.3 Å². The van der Waals surface area contributed by atoms with Crippen molar-refractivity contribution in [3.8, 4) is 17.2 Å². The number of methoxy groups -OCH3 is 3. The number of ether oxygens (including phenoxy) is 3. The highest BCUT2D eigenvalue weighted by molar-refractivity contribution is 5.56. The molecular weight excluding hydrogens is 348 g/mol. The Morgan fingerprint density at radius 2 is 1.74 bits per heavy atom. The van der Waals surface area contributed by atoms with E-state index in [1.807, 2.05) is 12.1 Å². The smallest absolute Gasteiger partial charge is 0.221 e. The Morgan fingerprint density at radius 1 is 1.11 bits per heavy atom. The van der Waals surface area contributed by atoms with Crippen LogP contribution in [0.25, 0.3) is 0 Å². The number of nitrogens with two attached hydrogens (primary N) is 1. The van der Waals surface area contributed by atoms with Gasteiger partial charge in [-0.25, -0.2) is 4.98 Å². The molecule has 2 aromatic rings. The number of rotatable bonds is 6. The highest BCUT2D eigenvalue weighted by Gasteiger charge is 2.22. The third-order valence-electron chi connectivity index (χ3n) is 4.74. The molecule has 1 aliphatic heterocycles. The van der Waals surface area contributed by atoms with Gasteiger partial charge in [0, 0.05) is 31.3 Å². The summed E-state index contributed by atoms with van der Waals surface area (Å²) in [6.45, 7) is 1.47. The fourth-order valence-electron chi connectivity index (χ4n) is 3.34. The molecular formula is C19H26N4O4. The minimum atomic E-state index is -0.251. The van der Waals surface area contributed by atoms with Crippen molar-refractivity contribution in [1.29, 1.82) is 0 Å². The first-order valence-electron chi connectivity index (χ1n) is 8.89. The molecule has 1 aromatic heterocycles. The monoisotopic (exact) mass is 374 g/mol. The van der Waals surface area contributed by atoms with Crippen molar-refractivity contribution in [1.82, 2.24) is 9.97 Å². The SMILES string of the molecule is COc1cc(Cc2cnc(N)nc2N2CCC(O)CC2)cc(OC)c1OC. The molecule has 3 rings (SSSR count). The third kappa shape index (κ3) is 4.16. The maximum Gasteiger partial charge on any atom is 0.221 e. The molecule has 27 heavy (non-hydrogen) atoms. The van der Waals surface area contributed by atoms with Crippen LogP contribution in [0.1, 0.15) is 24.0 Å². The normalized spacial score (nSPS) is 14.9. The number of hydrogen-bond acceptors (Lipinski definition) is 8. The maximum atomic E-state index is 9.77. The third-order valence-corrected chi connectivity index (χ3v) is 4.74. The number of hydrogen-bond donors (Lipinski definition) is 2. The summed E-state index contributed by atoms with van der Waals surface area (Å²) in [6.07, 6.45) is 3.53. The molecule has 8 heteroatoms. The van der Waals surface area contributed by atoms with Crippen LogP contribution in [-0.4, -0.2) is 55.6 Å². The lowest BCUT2D eigenvalue weighted by Crippen LogP contribution is -2.37. The Bertz CT molecular complexity index is 766. The lowest BCUT2D eigenvalue weighted by atomic mass is 10.0. The van der Waals surface area contributed by atoms with Crippen molar-refractivity contribution in [2.75, 3.05) is 45.1 Å². The van der Waals surface area contributed by atoms with E-state index in [0.717, 1.165) is 30.0 Å². The summed E-state index contributed by atoms with van der Waals surface area (Å²) in [4.78, 5) is 10.8. The van der Waals surface area contributed by atoms with Crippen molar-refractivity contribution in [2.24, 2.45) is 0 Å². The molecule has 1 saturated heterocycles. The second kappa shape index (κ2) is 8.30. The molecule has 0 saturated carbocycles. The van der Waals surface area contributed by atoms with E-state index < -0.39 is 0 Å². The van der Waals surface area contributed by atoms with E-state index in [4.69, 9.17) is 19.9 Å². The van der Waals surface area contributed by atoms with Crippen LogP contribution in [0.15, 0.2) is 18.3 Å². The molecule has 0 spiro atoms. The summed E-state index contributed by atoms with van der Waals surface area (Å²) in [6, 6.07) is 3.84. The minimum absolute atomic E-state index is 0.241. The van der Waals surface area contributed by atoms with Gasteiger partial charge in [0.2, 0.25) is 11.7 Å². The largest absolute Gasteiger partial charge is 0.493 e. The molecule has 146 valence electrons. The fourth-order valence-corrected chi connectivity index (χ4v) is 3.34. The highest BCUT2D eigenvalue weighted by Crippen LogP contribution is 2.39. The number of aromatic nitrogens is 2. The van der Waals surface area contributed by atoms with Crippen LogP contribution in [0, 0.1) is 0 Å². The van der Waals surface area contributed by atoms with Gasteiger partial charge in [-0.1, -0.05) is 0 Å². The summed E-state index contributed by atoms with van der Waals surface area (Å²) in [5.74, 6) is 2.81. The van der Waals surface area contributed by atoms with Gasteiger partial charge in [0.25, 0.3) is 0 Å². The van der Waals surface area contributed by atoms with E-state index in [1.165, 1.54) is 0 Å². The number of nitrogen functional groups attached to an aromatic ring is 1. The lowest BCUT2D eigenvalue weighted by molar-refractivity contribution is 0.145. The standard InChI is InChI=1S/C19H26N4O4/c1-25-15-9-12(10-16(26-2)17(15)27-3)8-13-11-21-19(20)22-18(13)23-6-4-14(24)5-7-23/h9-11,14,24H,4-8H2,1-3H3,(H2,20,21,22). The molecule has 0 amide bonds.